The average molecular weight is 533 g/mol. The van der Waals surface area contributed by atoms with Crippen molar-refractivity contribution >= 4 is 35.0 Å². The van der Waals surface area contributed by atoms with Gasteiger partial charge in [-0.3, -0.25) is 9.59 Å². The van der Waals surface area contributed by atoms with Crippen LogP contribution in [0.2, 0.25) is 0 Å². The third-order valence-electron chi connectivity index (χ3n) is 7.36. The van der Waals surface area contributed by atoms with Crippen LogP contribution in [-0.4, -0.2) is 68.1 Å². The molecule has 2 saturated heterocycles. The van der Waals surface area contributed by atoms with Crippen LogP contribution in [0.15, 0.2) is 37.1 Å². The van der Waals surface area contributed by atoms with Gasteiger partial charge in [0.2, 0.25) is 23.7 Å². The Morgan fingerprint density at radius 2 is 2.00 bits per heavy atom. The van der Waals surface area contributed by atoms with Crippen LogP contribution in [0.1, 0.15) is 55.7 Å². The number of likely N-dealkylation sites (tertiary alicyclic amines) is 1. The molecule has 0 bridgehead atoms. The zero-order valence-electron chi connectivity index (χ0n) is 22.7. The molecule has 2 aromatic heterocycles. The second-order valence-corrected chi connectivity index (χ2v) is 10.4. The second-order valence-electron chi connectivity index (χ2n) is 10.4. The molecule has 0 radical (unpaired) electrons. The molecule has 11 heteroatoms. The van der Waals surface area contributed by atoms with Crippen LogP contribution in [0.25, 0.3) is 5.65 Å². The summed E-state index contributed by atoms with van der Waals surface area (Å²) >= 11 is 0. The van der Waals surface area contributed by atoms with Crippen molar-refractivity contribution in [2.45, 2.75) is 64.6 Å². The monoisotopic (exact) mass is 532 g/mol. The van der Waals surface area contributed by atoms with Crippen LogP contribution in [0, 0.1) is 6.92 Å². The van der Waals surface area contributed by atoms with Gasteiger partial charge in [0.25, 0.3) is 0 Å². The van der Waals surface area contributed by atoms with Crippen molar-refractivity contribution in [1.82, 2.24) is 24.5 Å². The van der Waals surface area contributed by atoms with Gasteiger partial charge < -0.3 is 25.6 Å². The zero-order valence-corrected chi connectivity index (χ0v) is 22.7. The van der Waals surface area contributed by atoms with Gasteiger partial charge in [0.15, 0.2) is 5.65 Å². The quantitative estimate of drug-likeness (QED) is 0.358. The fourth-order valence-electron chi connectivity index (χ4n) is 4.86. The molecule has 3 N–H and O–H groups in total. The van der Waals surface area contributed by atoms with Crippen LogP contribution in [0.3, 0.4) is 0 Å². The molecule has 0 saturated carbocycles. The molecule has 2 aliphatic rings. The smallest absolute Gasteiger partial charge is 0.247 e. The van der Waals surface area contributed by atoms with Crippen LogP contribution in [0.4, 0.5) is 17.6 Å². The molecule has 11 nitrogen and oxygen atoms in total. The third kappa shape index (κ3) is 5.73. The second kappa shape index (κ2) is 11.4. The van der Waals surface area contributed by atoms with Crippen LogP contribution >= 0.6 is 0 Å². The summed E-state index contributed by atoms with van der Waals surface area (Å²) in [4.78, 5) is 35.9. The molecule has 2 amide bonds. The highest BCUT2D eigenvalue weighted by atomic mass is 16.5. The Hall–Kier alpha value is -3.99. The average Bonchev–Trinajstić information content (AvgIpc) is 3.33. The van der Waals surface area contributed by atoms with Crippen molar-refractivity contribution in [3.05, 3.63) is 53.7 Å². The lowest BCUT2D eigenvalue weighted by molar-refractivity contribution is -0.141. The topological polar surface area (TPSA) is 126 Å². The van der Waals surface area contributed by atoms with Crippen molar-refractivity contribution < 1.29 is 14.3 Å². The Bertz CT molecular complexity index is 1380. The van der Waals surface area contributed by atoms with Gasteiger partial charge in [-0.15, -0.1) is 0 Å². The van der Waals surface area contributed by atoms with Gasteiger partial charge in [0.1, 0.15) is 6.04 Å². The van der Waals surface area contributed by atoms with Gasteiger partial charge in [-0.25, -0.2) is 0 Å². The van der Waals surface area contributed by atoms with E-state index in [0.29, 0.717) is 37.1 Å². The van der Waals surface area contributed by atoms with E-state index in [-0.39, 0.29) is 23.8 Å². The summed E-state index contributed by atoms with van der Waals surface area (Å²) in [7, 11) is 0. The maximum absolute atomic E-state index is 12.9. The van der Waals surface area contributed by atoms with Gasteiger partial charge in [0, 0.05) is 43.6 Å². The SMILES string of the molecule is C=CC(=O)N1CCC1C(=O)Nc1cc(CNc2nc(NC3CCOCC3)nc3c(C(C)C)cnn23)ccc1C. The fraction of sp³-hybridized carbons (Fsp3) is 0.464. The van der Waals surface area contributed by atoms with E-state index in [4.69, 9.17) is 14.7 Å². The van der Waals surface area contributed by atoms with Crippen molar-refractivity contribution in [3.63, 3.8) is 0 Å². The standard InChI is InChI=1S/C28H36N8O3/c1-5-24(37)35-11-8-23(35)26(38)32-22-14-19(7-6-18(22)4)15-29-28-34-27(31-20-9-12-39-13-10-20)33-25-21(17(2)3)16-30-36(25)28/h5-7,14,16-17,20,23H,1,8-13,15H2,2-4H3,(H,32,38)(H2,29,31,33,34). The number of amides is 2. The number of aromatic nitrogens is 4. The van der Waals surface area contributed by atoms with Crippen molar-refractivity contribution in [1.29, 1.82) is 0 Å². The molecule has 206 valence electrons. The lowest BCUT2D eigenvalue weighted by atomic mass is 10.0. The van der Waals surface area contributed by atoms with Gasteiger partial charge in [-0.1, -0.05) is 32.6 Å². The summed E-state index contributed by atoms with van der Waals surface area (Å²) in [6.45, 7) is 12.2. The first-order valence-electron chi connectivity index (χ1n) is 13.5. The summed E-state index contributed by atoms with van der Waals surface area (Å²) in [5, 5.41) is 14.5. The largest absolute Gasteiger partial charge is 0.381 e. The van der Waals surface area contributed by atoms with Gasteiger partial charge in [-0.2, -0.15) is 19.6 Å². The van der Waals surface area contributed by atoms with E-state index in [2.05, 4.69) is 41.5 Å². The number of nitrogens with one attached hydrogen (secondary N) is 3. The molecule has 1 atom stereocenters. The number of carbonyl (C=O) groups excluding carboxylic acids is 2. The molecule has 4 heterocycles. The highest BCUT2D eigenvalue weighted by Crippen LogP contribution is 2.25. The number of hydrogen-bond donors (Lipinski definition) is 3. The molecule has 2 aliphatic heterocycles. The number of carbonyl (C=O) groups is 2. The molecule has 2 fully saturated rings. The van der Waals surface area contributed by atoms with E-state index in [9.17, 15) is 9.59 Å². The Balaban J connectivity index is 1.33. The maximum Gasteiger partial charge on any atom is 0.247 e. The number of anilines is 3. The van der Waals surface area contributed by atoms with Gasteiger partial charge in [-0.05, 0) is 55.4 Å². The number of fused-ring (bicyclic) bond motifs is 1. The summed E-state index contributed by atoms with van der Waals surface area (Å²) in [6.07, 6.45) is 5.55. The number of ether oxygens (including phenoxy) is 1. The highest BCUT2D eigenvalue weighted by Gasteiger charge is 2.36. The van der Waals surface area contributed by atoms with E-state index < -0.39 is 6.04 Å². The molecule has 3 aromatic rings. The minimum Gasteiger partial charge on any atom is -0.381 e. The number of rotatable bonds is 9. The van der Waals surface area contributed by atoms with Crippen LogP contribution in [0.5, 0.6) is 0 Å². The number of aryl methyl sites for hydroxylation is 1. The summed E-state index contributed by atoms with van der Waals surface area (Å²) in [5.41, 5.74) is 4.44. The lowest BCUT2D eigenvalue weighted by Crippen LogP contribution is -2.56. The molecule has 5 rings (SSSR count). The highest BCUT2D eigenvalue weighted by molar-refractivity contribution is 6.00. The number of hydrogen-bond acceptors (Lipinski definition) is 8. The minimum atomic E-state index is -0.470. The van der Waals surface area contributed by atoms with E-state index in [1.165, 1.54) is 11.0 Å². The van der Waals surface area contributed by atoms with Gasteiger partial charge in [0.05, 0.1) is 6.20 Å². The van der Waals surface area contributed by atoms with E-state index >= 15 is 0 Å². The molecular weight excluding hydrogens is 496 g/mol. The number of benzene rings is 1. The molecule has 0 spiro atoms. The third-order valence-corrected chi connectivity index (χ3v) is 7.36. The first kappa shape index (κ1) is 26.6. The predicted molar refractivity (Wildman–Crippen MR) is 150 cm³/mol. The predicted octanol–water partition coefficient (Wildman–Crippen LogP) is 3.48. The Morgan fingerprint density at radius 3 is 2.69 bits per heavy atom. The maximum atomic E-state index is 12.9. The molecular formula is C28H36N8O3. The Labute approximate surface area is 228 Å². The van der Waals surface area contributed by atoms with Crippen molar-refractivity contribution in [3.8, 4) is 0 Å². The van der Waals surface area contributed by atoms with E-state index in [1.54, 1.807) is 4.52 Å². The zero-order chi connectivity index (χ0) is 27.5. The first-order chi connectivity index (χ1) is 18.8. The Morgan fingerprint density at radius 1 is 1.21 bits per heavy atom. The van der Waals surface area contributed by atoms with Crippen molar-refractivity contribution in [2.75, 3.05) is 35.7 Å². The van der Waals surface area contributed by atoms with Crippen LogP contribution in [-0.2, 0) is 20.9 Å². The van der Waals surface area contributed by atoms with E-state index in [1.807, 2.05) is 31.3 Å². The molecule has 1 aromatic carbocycles. The van der Waals surface area contributed by atoms with Crippen molar-refractivity contribution in [2.24, 2.45) is 0 Å². The summed E-state index contributed by atoms with van der Waals surface area (Å²) in [5.74, 6) is 0.995. The Kier molecular flexibility index (Phi) is 7.78. The van der Waals surface area contributed by atoms with Crippen LogP contribution < -0.4 is 16.0 Å². The van der Waals surface area contributed by atoms with Gasteiger partial charge >= 0.3 is 0 Å². The normalized spacial score (nSPS) is 17.6. The number of nitrogens with zero attached hydrogens (tertiary/aromatic N) is 5. The summed E-state index contributed by atoms with van der Waals surface area (Å²) < 4.78 is 7.23. The minimum absolute atomic E-state index is 0.191. The van der Waals surface area contributed by atoms with E-state index in [0.717, 1.165) is 48.4 Å². The summed E-state index contributed by atoms with van der Waals surface area (Å²) in [6, 6.07) is 5.72. The first-order valence-corrected chi connectivity index (χ1v) is 13.5. The lowest BCUT2D eigenvalue weighted by Gasteiger charge is -2.39. The molecule has 39 heavy (non-hydrogen) atoms. The molecule has 0 aliphatic carbocycles. The fourth-order valence-corrected chi connectivity index (χ4v) is 4.86. The molecule has 1 unspecified atom stereocenters.